The molecule has 2 aromatic rings. The minimum Gasteiger partial charge on any atom is -0.389 e. The summed E-state index contributed by atoms with van der Waals surface area (Å²) in [5.41, 5.74) is 4.11. The summed E-state index contributed by atoms with van der Waals surface area (Å²) in [6, 6.07) is 8.41. The summed E-state index contributed by atoms with van der Waals surface area (Å²) in [6.45, 7) is 3.46. The van der Waals surface area contributed by atoms with Crippen LogP contribution in [0.4, 0.5) is 0 Å². The number of rotatable bonds is 5. The molecule has 0 saturated heterocycles. The monoisotopic (exact) mass is 271 g/mol. The summed E-state index contributed by atoms with van der Waals surface area (Å²) in [4.78, 5) is 0. The maximum absolute atomic E-state index is 10.1. The van der Waals surface area contributed by atoms with Crippen LogP contribution in [0.15, 0.2) is 30.5 Å². The Morgan fingerprint density at radius 1 is 1.30 bits per heavy atom. The lowest BCUT2D eigenvalue weighted by Crippen LogP contribution is -2.45. The van der Waals surface area contributed by atoms with E-state index in [0.717, 1.165) is 42.6 Å². The van der Waals surface area contributed by atoms with Crippen molar-refractivity contribution in [2.24, 2.45) is 0 Å². The average Bonchev–Trinajstić information content (AvgIpc) is 2.86. The third-order valence-electron chi connectivity index (χ3n) is 4.11. The molecule has 3 rings (SSSR count). The quantitative estimate of drug-likeness (QED) is 0.782. The Hall–Kier alpha value is -1.65. The van der Waals surface area contributed by atoms with E-state index >= 15 is 0 Å². The maximum atomic E-state index is 10.1. The van der Waals surface area contributed by atoms with Crippen LogP contribution in [0.3, 0.4) is 0 Å². The first-order chi connectivity index (χ1) is 9.66. The van der Waals surface area contributed by atoms with Gasteiger partial charge in [-0.1, -0.05) is 29.8 Å². The highest BCUT2D eigenvalue weighted by Gasteiger charge is 2.33. The van der Waals surface area contributed by atoms with E-state index in [1.54, 1.807) is 0 Å². The first-order valence-electron chi connectivity index (χ1n) is 7.19. The first kappa shape index (κ1) is 13.3. The van der Waals surface area contributed by atoms with Crippen LogP contribution >= 0.6 is 0 Å². The van der Waals surface area contributed by atoms with Crippen LogP contribution in [0.2, 0.25) is 0 Å². The fraction of sp³-hybridized carbons (Fsp3) is 0.438. The lowest BCUT2D eigenvalue weighted by atomic mass is 9.80. The van der Waals surface area contributed by atoms with Crippen molar-refractivity contribution in [3.05, 3.63) is 41.6 Å². The molecule has 1 aliphatic rings. The molecule has 0 radical (unpaired) electrons. The predicted octanol–water partition coefficient (Wildman–Crippen LogP) is 2.39. The van der Waals surface area contributed by atoms with Crippen LogP contribution in [0.5, 0.6) is 0 Å². The second-order valence-corrected chi connectivity index (χ2v) is 5.82. The van der Waals surface area contributed by atoms with Crippen LogP contribution in [-0.2, 0) is 6.54 Å². The molecule has 1 aliphatic carbocycles. The molecule has 106 valence electrons. The average molecular weight is 271 g/mol. The molecule has 0 unspecified atom stereocenters. The third kappa shape index (κ3) is 2.76. The van der Waals surface area contributed by atoms with Crippen molar-refractivity contribution in [1.82, 2.24) is 15.5 Å². The lowest BCUT2D eigenvalue weighted by molar-refractivity contribution is -0.0314. The van der Waals surface area contributed by atoms with Gasteiger partial charge in [-0.3, -0.25) is 5.10 Å². The molecule has 4 heteroatoms. The zero-order chi connectivity index (χ0) is 14.0. The number of nitrogens with one attached hydrogen (secondary N) is 2. The highest BCUT2D eigenvalue weighted by Crippen LogP contribution is 2.30. The van der Waals surface area contributed by atoms with Gasteiger partial charge in [0.15, 0.2) is 0 Å². The van der Waals surface area contributed by atoms with Crippen molar-refractivity contribution >= 4 is 0 Å². The van der Waals surface area contributed by atoms with E-state index < -0.39 is 5.60 Å². The van der Waals surface area contributed by atoms with Gasteiger partial charge >= 0.3 is 0 Å². The number of hydrogen-bond acceptors (Lipinski definition) is 3. The number of H-pyrrole nitrogens is 1. The van der Waals surface area contributed by atoms with Gasteiger partial charge in [0.1, 0.15) is 0 Å². The topological polar surface area (TPSA) is 60.9 Å². The summed E-state index contributed by atoms with van der Waals surface area (Å²) < 4.78 is 0. The van der Waals surface area contributed by atoms with Gasteiger partial charge < -0.3 is 10.4 Å². The molecule has 1 saturated carbocycles. The van der Waals surface area contributed by atoms with Crippen molar-refractivity contribution < 1.29 is 5.11 Å². The standard InChI is InChI=1S/C16H21N3O/c1-12-3-5-13(6-4-12)15-14(10-18-19-15)9-17-11-16(20)7-2-8-16/h3-6,10,17,20H,2,7-9,11H2,1H3,(H,18,19). The smallest absolute Gasteiger partial charge is 0.0771 e. The van der Waals surface area contributed by atoms with Crippen LogP contribution < -0.4 is 5.32 Å². The van der Waals surface area contributed by atoms with Gasteiger partial charge in [0.25, 0.3) is 0 Å². The number of aromatic nitrogens is 2. The van der Waals surface area contributed by atoms with E-state index in [1.807, 2.05) is 6.20 Å². The Labute approximate surface area is 119 Å². The van der Waals surface area contributed by atoms with E-state index in [4.69, 9.17) is 0 Å². The minimum absolute atomic E-state index is 0.478. The molecule has 0 aliphatic heterocycles. The number of aliphatic hydroxyl groups is 1. The van der Waals surface area contributed by atoms with E-state index in [2.05, 4.69) is 46.7 Å². The Kier molecular flexibility index (Phi) is 3.59. The lowest BCUT2D eigenvalue weighted by Gasteiger charge is -2.36. The van der Waals surface area contributed by atoms with Gasteiger partial charge in [-0.15, -0.1) is 0 Å². The highest BCUT2D eigenvalue weighted by molar-refractivity contribution is 5.62. The van der Waals surface area contributed by atoms with Crippen LogP contribution in [0.25, 0.3) is 11.3 Å². The zero-order valence-corrected chi connectivity index (χ0v) is 11.8. The van der Waals surface area contributed by atoms with Crippen LogP contribution in [-0.4, -0.2) is 27.4 Å². The van der Waals surface area contributed by atoms with Crippen molar-refractivity contribution in [3.8, 4) is 11.3 Å². The van der Waals surface area contributed by atoms with Gasteiger partial charge in [0.2, 0.25) is 0 Å². The molecule has 0 bridgehead atoms. The molecular weight excluding hydrogens is 250 g/mol. The molecule has 0 amide bonds. The van der Waals surface area contributed by atoms with Crippen molar-refractivity contribution in [3.63, 3.8) is 0 Å². The fourth-order valence-electron chi connectivity index (χ4n) is 2.61. The van der Waals surface area contributed by atoms with E-state index in [9.17, 15) is 5.11 Å². The van der Waals surface area contributed by atoms with Gasteiger partial charge in [-0.05, 0) is 31.7 Å². The number of hydrogen-bond donors (Lipinski definition) is 3. The van der Waals surface area contributed by atoms with Crippen LogP contribution in [0, 0.1) is 6.92 Å². The molecule has 1 heterocycles. The SMILES string of the molecule is Cc1ccc(-c2[nH]ncc2CNCC2(O)CCC2)cc1. The molecule has 0 atom stereocenters. The van der Waals surface area contributed by atoms with Crippen molar-refractivity contribution in [1.29, 1.82) is 0 Å². The fourth-order valence-corrected chi connectivity index (χ4v) is 2.61. The largest absolute Gasteiger partial charge is 0.389 e. The second kappa shape index (κ2) is 5.38. The Morgan fingerprint density at radius 3 is 2.70 bits per heavy atom. The van der Waals surface area contributed by atoms with E-state index in [0.29, 0.717) is 6.54 Å². The van der Waals surface area contributed by atoms with E-state index in [1.165, 1.54) is 5.56 Å². The molecule has 20 heavy (non-hydrogen) atoms. The van der Waals surface area contributed by atoms with Crippen molar-refractivity contribution in [2.75, 3.05) is 6.54 Å². The van der Waals surface area contributed by atoms with Crippen molar-refractivity contribution in [2.45, 2.75) is 38.3 Å². The van der Waals surface area contributed by atoms with Gasteiger partial charge in [-0.2, -0.15) is 5.10 Å². The summed E-state index contributed by atoms with van der Waals surface area (Å²) in [5, 5.41) is 20.6. The zero-order valence-electron chi connectivity index (χ0n) is 11.8. The molecular formula is C16H21N3O. The maximum Gasteiger partial charge on any atom is 0.0771 e. The van der Waals surface area contributed by atoms with Gasteiger partial charge in [-0.25, -0.2) is 0 Å². The summed E-state index contributed by atoms with van der Waals surface area (Å²) >= 11 is 0. The normalized spacial score (nSPS) is 16.9. The van der Waals surface area contributed by atoms with Crippen LogP contribution in [0.1, 0.15) is 30.4 Å². The summed E-state index contributed by atoms with van der Waals surface area (Å²) in [7, 11) is 0. The Bertz CT molecular complexity index is 570. The predicted molar refractivity (Wildman–Crippen MR) is 79.3 cm³/mol. The second-order valence-electron chi connectivity index (χ2n) is 5.82. The first-order valence-corrected chi connectivity index (χ1v) is 7.19. The molecule has 1 aromatic heterocycles. The molecule has 3 N–H and O–H groups in total. The van der Waals surface area contributed by atoms with E-state index in [-0.39, 0.29) is 0 Å². The number of aromatic amines is 1. The number of nitrogens with zero attached hydrogens (tertiary/aromatic N) is 1. The summed E-state index contributed by atoms with van der Waals surface area (Å²) in [5.74, 6) is 0. The minimum atomic E-state index is -0.478. The summed E-state index contributed by atoms with van der Waals surface area (Å²) in [6.07, 6.45) is 4.82. The molecule has 4 nitrogen and oxygen atoms in total. The van der Waals surface area contributed by atoms with Gasteiger partial charge in [0, 0.05) is 18.7 Å². The molecule has 1 aromatic carbocycles. The molecule has 0 spiro atoms. The Balaban J connectivity index is 1.65. The third-order valence-corrected chi connectivity index (χ3v) is 4.11. The molecule has 1 fully saturated rings. The Morgan fingerprint density at radius 2 is 2.05 bits per heavy atom. The highest BCUT2D eigenvalue weighted by atomic mass is 16.3. The number of benzene rings is 1. The van der Waals surface area contributed by atoms with Gasteiger partial charge in [0.05, 0.1) is 17.5 Å². The number of aryl methyl sites for hydroxylation is 1.